The van der Waals surface area contributed by atoms with Crippen molar-refractivity contribution >= 4 is 94.0 Å². The Labute approximate surface area is 364 Å². The van der Waals surface area contributed by atoms with Crippen molar-refractivity contribution in [2.24, 2.45) is 0 Å². The predicted molar refractivity (Wildman–Crippen MR) is 262 cm³/mol. The summed E-state index contributed by atoms with van der Waals surface area (Å²) in [4.78, 5) is 5.66. The van der Waals surface area contributed by atoms with Crippen LogP contribution in [0, 0.1) is 0 Å². The molecule has 2 atom stereocenters. The molecule has 2 unspecified atom stereocenters. The molecule has 1 fully saturated rings. The molecule has 13 rings (SSSR count). The number of hydrogen-bond donors (Lipinski definition) is 0. The van der Waals surface area contributed by atoms with E-state index in [4.69, 9.17) is 4.42 Å². The van der Waals surface area contributed by atoms with E-state index in [-0.39, 0.29) is 34.0 Å². The number of thiophene rings is 1. The van der Waals surface area contributed by atoms with Gasteiger partial charge in [-0.05, 0) is 136 Å². The summed E-state index contributed by atoms with van der Waals surface area (Å²) in [7, 11) is 0. The lowest BCUT2D eigenvalue weighted by molar-refractivity contribution is 0.195. The van der Waals surface area contributed by atoms with E-state index in [9.17, 15) is 0 Å². The molecule has 0 bridgehead atoms. The van der Waals surface area contributed by atoms with E-state index in [0.717, 1.165) is 11.2 Å². The lowest BCUT2D eigenvalue weighted by atomic mass is 9.42. The standard InChI is InChI=1S/C56H55BN2OS/c1-52(2,3)32-27-39-51-40(28-32)57-49-41(58(51)56(9)24-16-15-23-55(39,56)8)31-45-47(34-19-13-14-20-44(34)61-45)48(49)35-21-22-42-46(50(35)59(57)33-17-11-10-12-18-33)36-29-37-38(30-43(36)60-42)54(6,7)26-25-53(37,4)5/h10-14,17-22,27-31H,15-16,23-26H2,1-9H3. The summed E-state index contributed by atoms with van der Waals surface area (Å²) >= 11 is 1.97. The molecule has 0 spiro atoms. The summed E-state index contributed by atoms with van der Waals surface area (Å²) in [6.07, 6.45) is 7.28. The summed E-state index contributed by atoms with van der Waals surface area (Å²) in [5.41, 5.74) is 19.0. The van der Waals surface area contributed by atoms with Gasteiger partial charge in [-0.3, -0.25) is 0 Å². The fourth-order valence-corrected chi connectivity index (χ4v) is 14.4. The highest BCUT2D eigenvalue weighted by Gasteiger charge is 2.62. The van der Waals surface area contributed by atoms with Crippen molar-refractivity contribution in [3.8, 4) is 11.1 Å². The zero-order chi connectivity index (χ0) is 41.7. The minimum absolute atomic E-state index is 0.0181. The van der Waals surface area contributed by atoms with Crippen molar-refractivity contribution < 1.29 is 4.42 Å². The van der Waals surface area contributed by atoms with E-state index in [2.05, 4.69) is 169 Å². The first-order valence-corrected chi connectivity index (χ1v) is 23.8. The molecule has 6 aromatic carbocycles. The van der Waals surface area contributed by atoms with Crippen LogP contribution in [0.4, 0.5) is 22.7 Å². The molecule has 0 N–H and O–H groups in total. The topological polar surface area (TPSA) is 19.6 Å². The number of anilines is 4. The lowest BCUT2D eigenvalue weighted by Gasteiger charge is -2.53. The van der Waals surface area contributed by atoms with Crippen molar-refractivity contribution in [2.45, 2.75) is 128 Å². The molecule has 304 valence electrons. The smallest absolute Gasteiger partial charge is 0.333 e. The van der Waals surface area contributed by atoms with Gasteiger partial charge >= 0.3 is 6.85 Å². The first kappa shape index (κ1) is 36.6. The van der Waals surface area contributed by atoms with E-state index in [1.807, 2.05) is 11.3 Å². The van der Waals surface area contributed by atoms with Crippen LogP contribution in [0.3, 0.4) is 0 Å². The average molecular weight is 815 g/mol. The molecule has 2 aliphatic carbocycles. The van der Waals surface area contributed by atoms with Gasteiger partial charge in [0.15, 0.2) is 0 Å². The maximum atomic E-state index is 7.10. The van der Waals surface area contributed by atoms with Gasteiger partial charge in [0.2, 0.25) is 0 Å². The number of fused-ring (bicyclic) bond motifs is 16. The molecule has 1 saturated carbocycles. The van der Waals surface area contributed by atoms with Crippen molar-refractivity contribution in [1.82, 2.24) is 0 Å². The number of nitrogens with zero attached hydrogens (tertiary/aromatic N) is 2. The zero-order valence-electron chi connectivity index (χ0n) is 37.3. The SMILES string of the molecule is CC(C)(C)c1cc2c3c(c1)C1(C)CCCCC1(C)N3c1cc3sc4ccccc4c3c3c1B2N(c1ccccc1)c1c-3ccc2oc3cc4c(cc3c12)C(C)(C)CCC4(C)C. The summed E-state index contributed by atoms with van der Waals surface area (Å²) in [6, 6.07) is 38.1. The van der Waals surface area contributed by atoms with E-state index in [0.29, 0.717) is 0 Å². The predicted octanol–water partition coefficient (Wildman–Crippen LogP) is 14.6. The molecule has 8 aromatic rings. The molecule has 5 heterocycles. The van der Waals surface area contributed by atoms with Crippen LogP contribution >= 0.6 is 11.3 Å². The van der Waals surface area contributed by atoms with Crippen molar-refractivity contribution in [3.05, 3.63) is 119 Å². The Kier molecular flexibility index (Phi) is 6.92. The molecular weight excluding hydrogens is 760 g/mol. The summed E-state index contributed by atoms with van der Waals surface area (Å²) in [5.74, 6) is 0. The molecule has 0 saturated heterocycles. The normalized spacial score (nSPS) is 23.1. The third kappa shape index (κ3) is 4.47. The van der Waals surface area contributed by atoms with Crippen LogP contribution in [-0.2, 0) is 21.7 Å². The Bertz CT molecular complexity index is 3250. The molecule has 2 aromatic heterocycles. The molecule has 0 amide bonds. The first-order valence-electron chi connectivity index (χ1n) is 23.0. The van der Waals surface area contributed by atoms with Crippen LogP contribution < -0.4 is 20.6 Å². The van der Waals surface area contributed by atoms with Gasteiger partial charge in [-0.1, -0.05) is 117 Å². The number of para-hydroxylation sites is 1. The van der Waals surface area contributed by atoms with Crippen LogP contribution in [0.15, 0.2) is 101 Å². The van der Waals surface area contributed by atoms with Crippen molar-refractivity contribution in [1.29, 1.82) is 0 Å². The average Bonchev–Trinajstić information content (AvgIpc) is 3.86. The Morgan fingerprint density at radius 2 is 1.36 bits per heavy atom. The number of benzene rings is 6. The van der Waals surface area contributed by atoms with Gasteiger partial charge in [-0.25, -0.2) is 0 Å². The van der Waals surface area contributed by atoms with Gasteiger partial charge in [-0.2, -0.15) is 0 Å². The number of hydrogen-bond acceptors (Lipinski definition) is 4. The Balaban J connectivity index is 1.25. The molecule has 0 radical (unpaired) electrons. The molecule has 61 heavy (non-hydrogen) atoms. The zero-order valence-corrected chi connectivity index (χ0v) is 38.1. The van der Waals surface area contributed by atoms with Crippen LogP contribution in [0.2, 0.25) is 0 Å². The second-order valence-corrected chi connectivity index (χ2v) is 23.3. The van der Waals surface area contributed by atoms with E-state index in [1.54, 1.807) is 5.56 Å². The van der Waals surface area contributed by atoms with E-state index >= 15 is 0 Å². The van der Waals surface area contributed by atoms with Gasteiger partial charge in [0, 0.05) is 59.3 Å². The minimum Gasteiger partial charge on any atom is -0.456 e. The largest absolute Gasteiger partial charge is 0.456 e. The van der Waals surface area contributed by atoms with E-state index in [1.165, 1.54) is 131 Å². The molecule has 5 aliphatic rings. The Morgan fingerprint density at radius 1 is 0.639 bits per heavy atom. The third-order valence-corrected chi connectivity index (χ3v) is 18.1. The van der Waals surface area contributed by atoms with Crippen LogP contribution in [0.1, 0.15) is 123 Å². The molecule has 3 nitrogen and oxygen atoms in total. The maximum Gasteiger partial charge on any atom is 0.333 e. The van der Waals surface area contributed by atoms with Gasteiger partial charge in [0.25, 0.3) is 0 Å². The second kappa shape index (κ2) is 11.5. The van der Waals surface area contributed by atoms with Crippen molar-refractivity contribution in [2.75, 3.05) is 9.71 Å². The van der Waals surface area contributed by atoms with Crippen LogP contribution in [0.5, 0.6) is 0 Å². The number of rotatable bonds is 1. The molecule has 5 heteroatoms. The van der Waals surface area contributed by atoms with E-state index < -0.39 is 0 Å². The highest BCUT2D eigenvalue weighted by atomic mass is 32.1. The highest BCUT2D eigenvalue weighted by Crippen LogP contribution is 2.64. The van der Waals surface area contributed by atoms with Gasteiger partial charge in [0.05, 0.1) is 10.9 Å². The van der Waals surface area contributed by atoms with Crippen LogP contribution in [0.25, 0.3) is 53.2 Å². The molecule has 3 aliphatic heterocycles. The Morgan fingerprint density at radius 3 is 2.13 bits per heavy atom. The van der Waals surface area contributed by atoms with Crippen LogP contribution in [-0.4, -0.2) is 12.4 Å². The summed E-state index contributed by atoms with van der Waals surface area (Å²) < 4.78 is 9.84. The summed E-state index contributed by atoms with van der Waals surface area (Å²) in [6.45, 7) is 22.2. The Hall–Kier alpha value is -5.00. The maximum absolute atomic E-state index is 7.10. The van der Waals surface area contributed by atoms with Crippen molar-refractivity contribution in [3.63, 3.8) is 0 Å². The fraction of sp³-hybridized carbons (Fsp3) is 0.357. The quantitative estimate of drug-likeness (QED) is 0.154. The third-order valence-electron chi connectivity index (χ3n) is 17.0. The highest BCUT2D eigenvalue weighted by molar-refractivity contribution is 7.26. The molecular formula is C56H55BN2OS. The first-order chi connectivity index (χ1) is 29.1. The van der Waals surface area contributed by atoms with Gasteiger partial charge < -0.3 is 14.1 Å². The second-order valence-electron chi connectivity index (χ2n) is 22.2. The fourth-order valence-electron chi connectivity index (χ4n) is 13.3. The minimum atomic E-state index is -0.0514. The summed E-state index contributed by atoms with van der Waals surface area (Å²) in [5, 5.41) is 5.23. The van der Waals surface area contributed by atoms with Gasteiger partial charge in [-0.15, -0.1) is 11.3 Å². The van der Waals surface area contributed by atoms with Gasteiger partial charge in [0.1, 0.15) is 11.2 Å². The number of furan rings is 1. The monoisotopic (exact) mass is 814 g/mol. The lowest BCUT2D eigenvalue weighted by Crippen LogP contribution is -2.64.